The molecule has 0 aliphatic carbocycles. The second kappa shape index (κ2) is 5.97. The zero-order chi connectivity index (χ0) is 17.6. The van der Waals surface area contributed by atoms with E-state index in [0.29, 0.717) is 28.8 Å². The van der Waals surface area contributed by atoms with Crippen molar-refractivity contribution >= 4 is 50.1 Å². The first-order chi connectivity index (χ1) is 12.1. The molecule has 0 saturated heterocycles. The molecule has 2 heterocycles. The Balaban J connectivity index is 1.97. The van der Waals surface area contributed by atoms with Gasteiger partial charge in [-0.15, -0.1) is 0 Å². The normalized spacial score (nSPS) is 14.8. The van der Waals surface area contributed by atoms with Gasteiger partial charge in [0.25, 0.3) is 11.5 Å². The van der Waals surface area contributed by atoms with E-state index in [4.69, 9.17) is 0 Å². The number of hydrogen-bond donors (Lipinski definition) is 1. The highest BCUT2D eigenvalue weighted by Gasteiger charge is 2.25. The monoisotopic (exact) mass is 395 g/mol. The Morgan fingerprint density at radius 2 is 2.00 bits per heavy atom. The molecule has 1 aliphatic heterocycles. The Hall–Kier alpha value is -2.73. The van der Waals surface area contributed by atoms with Gasteiger partial charge in [0.05, 0.1) is 16.5 Å². The molecule has 4 rings (SSSR count). The van der Waals surface area contributed by atoms with Crippen LogP contribution >= 0.6 is 15.9 Å². The quantitative estimate of drug-likeness (QED) is 0.673. The molecule has 0 fully saturated rings. The number of amides is 1. The van der Waals surface area contributed by atoms with E-state index in [0.717, 1.165) is 15.7 Å². The zero-order valence-corrected chi connectivity index (χ0v) is 15.0. The summed E-state index contributed by atoms with van der Waals surface area (Å²) in [6, 6.07) is 12.8. The van der Waals surface area contributed by atoms with Crippen LogP contribution in [0.1, 0.15) is 18.3 Å². The van der Waals surface area contributed by atoms with Gasteiger partial charge < -0.3 is 5.32 Å². The lowest BCUT2D eigenvalue weighted by molar-refractivity contribution is -0.110. The van der Waals surface area contributed by atoms with Crippen LogP contribution in [0.2, 0.25) is 0 Å². The van der Waals surface area contributed by atoms with Crippen LogP contribution in [-0.2, 0) is 11.3 Å². The van der Waals surface area contributed by atoms with Gasteiger partial charge >= 0.3 is 0 Å². The molecule has 0 radical (unpaired) electrons. The van der Waals surface area contributed by atoms with Gasteiger partial charge in [-0.05, 0) is 43.3 Å². The zero-order valence-electron chi connectivity index (χ0n) is 13.4. The molecule has 3 aromatic rings. The highest BCUT2D eigenvalue weighted by atomic mass is 79.9. The van der Waals surface area contributed by atoms with Crippen LogP contribution < -0.4 is 10.9 Å². The Labute approximate surface area is 152 Å². The van der Waals surface area contributed by atoms with Crippen LogP contribution in [-0.4, -0.2) is 15.5 Å². The minimum Gasteiger partial charge on any atom is -0.321 e. The third kappa shape index (κ3) is 2.59. The molecule has 1 aliphatic rings. The number of rotatable bonds is 2. The largest absolute Gasteiger partial charge is 0.321 e. The standard InChI is InChI=1S/C19H14BrN3O2/c1-2-23-17(21-15-6-4-3-5-12(15)19(23)25)10-14-13-9-11(20)7-8-16(13)22-18(14)24/h3-10H,2H2,1H3,(H,22,24)/b14-10-. The maximum Gasteiger partial charge on any atom is 0.261 e. The first-order valence-corrected chi connectivity index (χ1v) is 8.70. The van der Waals surface area contributed by atoms with Crippen molar-refractivity contribution in [2.75, 3.05) is 5.32 Å². The fourth-order valence-corrected chi connectivity index (χ4v) is 3.39. The van der Waals surface area contributed by atoms with Crippen molar-refractivity contribution in [2.45, 2.75) is 13.5 Å². The average Bonchev–Trinajstić information content (AvgIpc) is 2.90. The number of nitrogens with one attached hydrogen (secondary N) is 1. The fraction of sp³-hybridized carbons (Fsp3) is 0.105. The van der Waals surface area contributed by atoms with E-state index in [1.165, 1.54) is 0 Å². The lowest BCUT2D eigenvalue weighted by Gasteiger charge is -2.09. The molecule has 25 heavy (non-hydrogen) atoms. The molecule has 0 saturated carbocycles. The second-order valence-electron chi connectivity index (χ2n) is 5.74. The van der Waals surface area contributed by atoms with Gasteiger partial charge in [0, 0.05) is 22.3 Å². The van der Waals surface area contributed by atoms with Crippen LogP contribution in [0.3, 0.4) is 0 Å². The average molecular weight is 396 g/mol. The number of fused-ring (bicyclic) bond motifs is 2. The number of aromatic nitrogens is 2. The lowest BCUT2D eigenvalue weighted by atomic mass is 10.1. The maximum absolute atomic E-state index is 12.7. The summed E-state index contributed by atoms with van der Waals surface area (Å²) in [6.07, 6.45) is 1.69. The number of carbonyl (C=O) groups is 1. The molecule has 2 aromatic carbocycles. The van der Waals surface area contributed by atoms with E-state index in [1.54, 1.807) is 22.8 Å². The minimum atomic E-state index is -0.196. The van der Waals surface area contributed by atoms with Crippen molar-refractivity contribution in [3.8, 4) is 0 Å². The van der Waals surface area contributed by atoms with Crippen molar-refractivity contribution in [1.29, 1.82) is 0 Å². The predicted octanol–water partition coefficient (Wildman–Crippen LogP) is 3.67. The summed E-state index contributed by atoms with van der Waals surface area (Å²) in [4.78, 5) is 29.7. The number of halogens is 1. The van der Waals surface area contributed by atoms with E-state index in [1.807, 2.05) is 37.3 Å². The van der Waals surface area contributed by atoms with E-state index in [9.17, 15) is 9.59 Å². The van der Waals surface area contributed by atoms with Gasteiger partial charge in [-0.2, -0.15) is 0 Å². The third-order valence-electron chi connectivity index (χ3n) is 4.25. The third-order valence-corrected chi connectivity index (χ3v) is 4.74. The molecule has 0 unspecified atom stereocenters. The first-order valence-electron chi connectivity index (χ1n) is 7.91. The fourth-order valence-electron chi connectivity index (χ4n) is 3.03. The van der Waals surface area contributed by atoms with E-state index in [-0.39, 0.29) is 11.5 Å². The summed E-state index contributed by atoms with van der Waals surface area (Å²) >= 11 is 3.43. The summed E-state index contributed by atoms with van der Waals surface area (Å²) in [5.41, 5.74) is 2.57. The van der Waals surface area contributed by atoms with Crippen LogP contribution in [0.15, 0.2) is 51.7 Å². The van der Waals surface area contributed by atoms with Gasteiger partial charge in [0.2, 0.25) is 0 Å². The molecule has 0 bridgehead atoms. The molecular weight excluding hydrogens is 382 g/mol. The molecule has 0 spiro atoms. The van der Waals surface area contributed by atoms with E-state index in [2.05, 4.69) is 26.2 Å². The molecule has 0 atom stereocenters. The number of para-hydroxylation sites is 1. The van der Waals surface area contributed by atoms with Crippen LogP contribution in [0.5, 0.6) is 0 Å². The van der Waals surface area contributed by atoms with Crippen molar-refractivity contribution in [1.82, 2.24) is 9.55 Å². The Bertz CT molecular complexity index is 1120. The van der Waals surface area contributed by atoms with E-state index >= 15 is 0 Å². The Morgan fingerprint density at radius 1 is 1.20 bits per heavy atom. The van der Waals surface area contributed by atoms with Crippen molar-refractivity contribution in [2.24, 2.45) is 0 Å². The molecule has 1 amide bonds. The summed E-state index contributed by atoms with van der Waals surface area (Å²) in [7, 11) is 0. The van der Waals surface area contributed by atoms with Crippen LogP contribution in [0.4, 0.5) is 5.69 Å². The van der Waals surface area contributed by atoms with Gasteiger partial charge in [-0.3, -0.25) is 14.2 Å². The summed E-state index contributed by atoms with van der Waals surface area (Å²) < 4.78 is 2.46. The van der Waals surface area contributed by atoms with Crippen molar-refractivity contribution in [3.63, 3.8) is 0 Å². The Morgan fingerprint density at radius 3 is 2.80 bits per heavy atom. The smallest absolute Gasteiger partial charge is 0.261 e. The van der Waals surface area contributed by atoms with E-state index < -0.39 is 0 Å². The summed E-state index contributed by atoms with van der Waals surface area (Å²) in [6.45, 7) is 2.36. The highest BCUT2D eigenvalue weighted by molar-refractivity contribution is 9.10. The van der Waals surface area contributed by atoms with Gasteiger partial charge in [0.1, 0.15) is 5.82 Å². The summed E-state index contributed by atoms with van der Waals surface area (Å²) in [5, 5.41) is 3.42. The lowest BCUT2D eigenvalue weighted by Crippen LogP contribution is -2.23. The molecule has 6 heteroatoms. The minimum absolute atomic E-state index is 0.104. The molecule has 124 valence electrons. The van der Waals surface area contributed by atoms with Gasteiger partial charge in [-0.25, -0.2) is 4.98 Å². The maximum atomic E-state index is 12.7. The number of nitrogens with zero attached hydrogens (tertiary/aromatic N) is 2. The number of anilines is 1. The second-order valence-corrected chi connectivity index (χ2v) is 6.65. The SMILES string of the molecule is CCn1c(/C=C2\C(=O)Nc3ccc(Br)cc32)nc2ccccc2c1=O. The van der Waals surface area contributed by atoms with Crippen molar-refractivity contribution < 1.29 is 4.79 Å². The van der Waals surface area contributed by atoms with Crippen molar-refractivity contribution in [3.05, 3.63) is 68.7 Å². The number of benzene rings is 2. The number of carbonyl (C=O) groups excluding carboxylic acids is 1. The summed E-state index contributed by atoms with van der Waals surface area (Å²) in [5.74, 6) is 0.280. The molecule has 5 nitrogen and oxygen atoms in total. The highest BCUT2D eigenvalue weighted by Crippen LogP contribution is 2.34. The van der Waals surface area contributed by atoms with Crippen LogP contribution in [0, 0.1) is 0 Å². The molecular formula is C19H14BrN3O2. The van der Waals surface area contributed by atoms with Gasteiger partial charge in [-0.1, -0.05) is 28.1 Å². The predicted molar refractivity (Wildman–Crippen MR) is 102 cm³/mol. The van der Waals surface area contributed by atoms with Gasteiger partial charge in [0.15, 0.2) is 0 Å². The molecule has 1 aromatic heterocycles. The molecule has 1 N–H and O–H groups in total. The topological polar surface area (TPSA) is 64.0 Å². The number of hydrogen-bond acceptors (Lipinski definition) is 3. The van der Waals surface area contributed by atoms with Crippen LogP contribution in [0.25, 0.3) is 22.6 Å². The first kappa shape index (κ1) is 15.8. The Kier molecular flexibility index (Phi) is 3.77.